The van der Waals surface area contributed by atoms with E-state index in [1.807, 2.05) is 18.2 Å². The normalized spacial score (nSPS) is 14.3. The first-order valence-corrected chi connectivity index (χ1v) is 6.52. The van der Waals surface area contributed by atoms with Crippen LogP contribution < -0.4 is 5.32 Å². The third-order valence-corrected chi connectivity index (χ3v) is 3.27. The van der Waals surface area contributed by atoms with E-state index in [0.717, 1.165) is 29.7 Å². The molecule has 1 heterocycles. The zero-order valence-corrected chi connectivity index (χ0v) is 11.0. The van der Waals surface area contributed by atoms with Gasteiger partial charge in [0.25, 0.3) is 0 Å². The fourth-order valence-electron chi connectivity index (χ4n) is 2.12. The number of hydrogen-bond donors (Lipinski definition) is 1. The van der Waals surface area contributed by atoms with Crippen molar-refractivity contribution in [3.63, 3.8) is 0 Å². The molecule has 0 bridgehead atoms. The molecule has 1 aromatic carbocycles. The highest BCUT2D eigenvalue weighted by Crippen LogP contribution is 2.24. The number of carbonyl (C=O) groups is 2. The molecule has 0 unspecified atom stereocenters. The van der Waals surface area contributed by atoms with Gasteiger partial charge in [0.15, 0.2) is 5.78 Å². The maximum Gasteiger partial charge on any atom is 0.224 e. The van der Waals surface area contributed by atoms with Crippen LogP contribution in [0.15, 0.2) is 18.2 Å². The highest BCUT2D eigenvalue weighted by Gasteiger charge is 2.16. The van der Waals surface area contributed by atoms with E-state index in [1.165, 1.54) is 0 Å². The quantitative estimate of drug-likeness (QED) is 0.828. The van der Waals surface area contributed by atoms with Crippen molar-refractivity contribution in [2.24, 2.45) is 5.92 Å². The van der Waals surface area contributed by atoms with Crippen molar-refractivity contribution < 1.29 is 9.59 Å². The van der Waals surface area contributed by atoms with E-state index in [4.69, 9.17) is 0 Å². The van der Waals surface area contributed by atoms with E-state index in [9.17, 15) is 9.59 Å². The first kappa shape index (κ1) is 12.8. The van der Waals surface area contributed by atoms with Gasteiger partial charge in [-0.15, -0.1) is 0 Å². The monoisotopic (exact) mass is 245 g/mol. The van der Waals surface area contributed by atoms with Crippen LogP contribution in [0.2, 0.25) is 0 Å². The van der Waals surface area contributed by atoms with Crippen molar-refractivity contribution >= 4 is 17.4 Å². The Morgan fingerprint density at radius 3 is 2.83 bits per heavy atom. The largest absolute Gasteiger partial charge is 0.326 e. The number of nitrogens with one attached hydrogen (secondary N) is 1. The minimum absolute atomic E-state index is 0.0568. The van der Waals surface area contributed by atoms with Crippen molar-refractivity contribution in [3.8, 4) is 0 Å². The number of aryl methyl sites for hydroxylation is 1. The van der Waals surface area contributed by atoms with Gasteiger partial charge in [-0.2, -0.15) is 0 Å². The summed E-state index contributed by atoms with van der Waals surface area (Å²) >= 11 is 0. The summed E-state index contributed by atoms with van der Waals surface area (Å²) in [6, 6.07) is 5.58. The topological polar surface area (TPSA) is 46.2 Å². The predicted octanol–water partition coefficient (Wildman–Crippen LogP) is 3.19. The van der Waals surface area contributed by atoms with Crippen LogP contribution in [0.5, 0.6) is 0 Å². The average Bonchev–Trinajstić information content (AvgIpc) is 2.35. The number of Topliss-reactive ketones (excluding diaryl/α,β-unsaturated/α-hetero) is 1. The van der Waals surface area contributed by atoms with Crippen molar-refractivity contribution in [1.29, 1.82) is 0 Å². The molecule has 0 aliphatic carbocycles. The zero-order valence-electron chi connectivity index (χ0n) is 11.0. The molecule has 0 saturated carbocycles. The van der Waals surface area contributed by atoms with Crippen LogP contribution in [0.4, 0.5) is 5.69 Å². The van der Waals surface area contributed by atoms with Crippen LogP contribution in [0.3, 0.4) is 0 Å². The lowest BCUT2D eigenvalue weighted by molar-refractivity contribution is -0.116. The highest BCUT2D eigenvalue weighted by atomic mass is 16.1. The molecule has 96 valence electrons. The van der Waals surface area contributed by atoms with Crippen molar-refractivity contribution in [2.75, 3.05) is 5.32 Å². The molecular weight excluding hydrogens is 226 g/mol. The van der Waals surface area contributed by atoms with Crippen molar-refractivity contribution in [1.82, 2.24) is 0 Å². The second-order valence-electron chi connectivity index (χ2n) is 5.28. The summed E-state index contributed by atoms with van der Waals surface area (Å²) in [7, 11) is 0. The second-order valence-corrected chi connectivity index (χ2v) is 5.28. The molecule has 18 heavy (non-hydrogen) atoms. The molecule has 1 N–H and O–H groups in total. The van der Waals surface area contributed by atoms with Crippen molar-refractivity contribution in [2.45, 2.75) is 39.5 Å². The standard InChI is InChI=1S/C15H19NO2/c1-10(2)3-7-14(17)12-4-6-13-11(9-12)5-8-15(18)16-13/h4,6,9-10H,3,5,7-8H2,1-2H3,(H,16,18). The van der Waals surface area contributed by atoms with Gasteiger partial charge in [0.2, 0.25) is 5.91 Å². The smallest absolute Gasteiger partial charge is 0.224 e. The third kappa shape index (κ3) is 2.97. The Labute approximate surface area is 108 Å². The molecule has 1 aliphatic heterocycles. The van der Waals surface area contributed by atoms with Gasteiger partial charge < -0.3 is 5.32 Å². The van der Waals surface area contributed by atoms with Gasteiger partial charge in [-0.25, -0.2) is 0 Å². The molecule has 2 rings (SSSR count). The Kier molecular flexibility index (Phi) is 3.80. The number of carbonyl (C=O) groups excluding carboxylic acids is 2. The van der Waals surface area contributed by atoms with Gasteiger partial charge >= 0.3 is 0 Å². The second kappa shape index (κ2) is 5.34. The lowest BCUT2D eigenvalue weighted by Gasteiger charge is -2.17. The maximum absolute atomic E-state index is 12.0. The third-order valence-electron chi connectivity index (χ3n) is 3.27. The number of fused-ring (bicyclic) bond motifs is 1. The molecule has 0 aromatic heterocycles. The molecule has 1 aromatic rings. The summed E-state index contributed by atoms with van der Waals surface area (Å²) in [5, 5.41) is 2.83. The Morgan fingerprint density at radius 1 is 1.33 bits per heavy atom. The SMILES string of the molecule is CC(C)CCC(=O)c1ccc2c(c1)CCC(=O)N2. The first-order chi connectivity index (χ1) is 8.56. The molecule has 3 nitrogen and oxygen atoms in total. The van der Waals surface area contributed by atoms with Gasteiger partial charge in [-0.3, -0.25) is 9.59 Å². The lowest BCUT2D eigenvalue weighted by Crippen LogP contribution is -2.19. The minimum Gasteiger partial charge on any atom is -0.326 e. The first-order valence-electron chi connectivity index (χ1n) is 6.52. The van der Waals surface area contributed by atoms with Crippen LogP contribution >= 0.6 is 0 Å². The number of benzene rings is 1. The number of amides is 1. The summed E-state index contributed by atoms with van der Waals surface area (Å²) in [6.45, 7) is 4.24. The molecule has 0 radical (unpaired) electrons. The van der Waals surface area contributed by atoms with Gasteiger partial charge in [0.05, 0.1) is 0 Å². The Morgan fingerprint density at radius 2 is 2.11 bits per heavy atom. The van der Waals surface area contributed by atoms with Crippen molar-refractivity contribution in [3.05, 3.63) is 29.3 Å². The number of hydrogen-bond acceptors (Lipinski definition) is 2. The van der Waals surface area contributed by atoms with Gasteiger partial charge in [-0.05, 0) is 42.5 Å². The zero-order chi connectivity index (χ0) is 13.1. The van der Waals surface area contributed by atoms with E-state index in [1.54, 1.807) is 0 Å². The van der Waals surface area contributed by atoms with Crippen LogP contribution in [-0.4, -0.2) is 11.7 Å². The molecule has 0 saturated heterocycles. The van der Waals surface area contributed by atoms with Crippen LogP contribution in [0.1, 0.15) is 49.0 Å². The van der Waals surface area contributed by atoms with Crippen LogP contribution in [-0.2, 0) is 11.2 Å². The van der Waals surface area contributed by atoms with Gasteiger partial charge in [0.1, 0.15) is 0 Å². The Balaban J connectivity index is 2.11. The van der Waals surface area contributed by atoms with E-state index in [0.29, 0.717) is 18.8 Å². The molecule has 1 aliphatic rings. The summed E-state index contributed by atoms with van der Waals surface area (Å²) in [5.41, 5.74) is 2.70. The highest BCUT2D eigenvalue weighted by molar-refractivity contribution is 5.98. The van der Waals surface area contributed by atoms with E-state index < -0.39 is 0 Å². The summed E-state index contributed by atoms with van der Waals surface area (Å²) in [6.07, 6.45) is 2.76. The van der Waals surface area contributed by atoms with Crippen LogP contribution in [0.25, 0.3) is 0 Å². The maximum atomic E-state index is 12.0. The molecule has 0 spiro atoms. The van der Waals surface area contributed by atoms with E-state index in [-0.39, 0.29) is 11.7 Å². The number of ketones is 1. The molecule has 0 fully saturated rings. The number of rotatable bonds is 4. The Bertz CT molecular complexity index is 477. The number of anilines is 1. The Hall–Kier alpha value is -1.64. The predicted molar refractivity (Wildman–Crippen MR) is 71.8 cm³/mol. The average molecular weight is 245 g/mol. The van der Waals surface area contributed by atoms with Gasteiger partial charge in [-0.1, -0.05) is 13.8 Å². The van der Waals surface area contributed by atoms with E-state index in [2.05, 4.69) is 19.2 Å². The molecule has 0 atom stereocenters. The molecular formula is C15H19NO2. The van der Waals surface area contributed by atoms with Crippen LogP contribution in [0, 0.1) is 5.92 Å². The minimum atomic E-state index is 0.0568. The molecule has 1 amide bonds. The fourth-order valence-corrected chi connectivity index (χ4v) is 2.12. The summed E-state index contributed by atoms with van der Waals surface area (Å²) in [5.74, 6) is 0.802. The summed E-state index contributed by atoms with van der Waals surface area (Å²) < 4.78 is 0. The van der Waals surface area contributed by atoms with Gasteiger partial charge in [0, 0.05) is 24.1 Å². The lowest BCUT2D eigenvalue weighted by atomic mass is 9.96. The fraction of sp³-hybridized carbons (Fsp3) is 0.467. The molecule has 3 heteroatoms. The van der Waals surface area contributed by atoms with E-state index >= 15 is 0 Å². The summed E-state index contributed by atoms with van der Waals surface area (Å²) in [4.78, 5) is 23.3.